The number of carbonyl (C=O) groups excluding carboxylic acids is 1. The SMILES string of the molecule is CC1=C(CCN2C[C@H]3COC[C@@H]2CN(C(=O)c2cc(C)on2)C3)C(C)(C)CCC1. The molecule has 0 radical (unpaired) electrons. The van der Waals surface area contributed by atoms with E-state index in [-0.39, 0.29) is 11.9 Å². The Labute approximate surface area is 174 Å². The Kier molecular flexibility index (Phi) is 5.85. The molecule has 6 nitrogen and oxygen atoms in total. The van der Waals surface area contributed by atoms with Crippen LogP contribution in [0.25, 0.3) is 0 Å². The fourth-order valence-corrected chi connectivity index (χ4v) is 5.48. The summed E-state index contributed by atoms with van der Waals surface area (Å²) in [5.41, 5.74) is 3.97. The van der Waals surface area contributed by atoms with Crippen molar-refractivity contribution in [2.75, 3.05) is 39.4 Å². The summed E-state index contributed by atoms with van der Waals surface area (Å²) in [6, 6.07) is 1.98. The molecule has 0 saturated carbocycles. The van der Waals surface area contributed by atoms with Crippen molar-refractivity contribution < 1.29 is 14.1 Å². The van der Waals surface area contributed by atoms with E-state index in [9.17, 15) is 4.79 Å². The summed E-state index contributed by atoms with van der Waals surface area (Å²) < 4.78 is 11.1. The first-order chi connectivity index (χ1) is 13.8. The molecule has 1 aromatic rings. The molecule has 2 aliphatic heterocycles. The number of amides is 1. The lowest BCUT2D eigenvalue weighted by atomic mass is 9.71. The van der Waals surface area contributed by atoms with Crippen molar-refractivity contribution >= 4 is 5.91 Å². The van der Waals surface area contributed by atoms with Crippen LogP contribution in [-0.4, -0.2) is 66.3 Å². The Balaban J connectivity index is 1.46. The number of rotatable bonds is 4. The lowest BCUT2D eigenvalue weighted by molar-refractivity contribution is 0.0407. The van der Waals surface area contributed by atoms with Gasteiger partial charge in [-0.1, -0.05) is 30.2 Å². The molecule has 3 aliphatic rings. The number of allylic oxidation sites excluding steroid dienone is 1. The first kappa shape index (κ1) is 20.6. The summed E-state index contributed by atoms with van der Waals surface area (Å²) in [7, 11) is 0. The Morgan fingerprint density at radius 1 is 1.24 bits per heavy atom. The van der Waals surface area contributed by atoms with E-state index in [4.69, 9.17) is 9.26 Å². The molecule has 160 valence electrons. The molecule has 2 atom stereocenters. The van der Waals surface area contributed by atoms with Crippen molar-refractivity contribution in [1.82, 2.24) is 15.0 Å². The summed E-state index contributed by atoms with van der Waals surface area (Å²) in [6.45, 7) is 13.8. The van der Waals surface area contributed by atoms with Crippen LogP contribution in [0.1, 0.15) is 62.7 Å². The van der Waals surface area contributed by atoms with Gasteiger partial charge in [0.25, 0.3) is 5.91 Å². The molecule has 1 amide bonds. The highest BCUT2D eigenvalue weighted by Crippen LogP contribution is 2.42. The maximum absolute atomic E-state index is 13.0. The number of nitrogens with zero attached hydrogens (tertiary/aromatic N) is 3. The summed E-state index contributed by atoms with van der Waals surface area (Å²) in [5, 5.41) is 3.94. The fraction of sp³-hybridized carbons (Fsp3) is 0.739. The van der Waals surface area contributed by atoms with Crippen molar-refractivity contribution in [3.63, 3.8) is 0 Å². The Morgan fingerprint density at radius 3 is 2.79 bits per heavy atom. The third kappa shape index (κ3) is 4.43. The summed E-state index contributed by atoms with van der Waals surface area (Å²) in [5.74, 6) is 0.994. The molecule has 1 aromatic heterocycles. The largest absolute Gasteiger partial charge is 0.379 e. The lowest BCUT2D eigenvalue weighted by Crippen LogP contribution is -2.46. The Bertz CT molecular complexity index is 782. The second-order valence-corrected chi connectivity index (χ2v) is 9.83. The van der Waals surface area contributed by atoms with Crippen LogP contribution >= 0.6 is 0 Å². The van der Waals surface area contributed by atoms with Crippen LogP contribution in [-0.2, 0) is 4.74 Å². The number of hydrogen-bond donors (Lipinski definition) is 0. The van der Waals surface area contributed by atoms with E-state index in [2.05, 4.69) is 30.8 Å². The van der Waals surface area contributed by atoms with Crippen molar-refractivity contribution in [3.05, 3.63) is 28.7 Å². The van der Waals surface area contributed by atoms with E-state index in [1.807, 2.05) is 11.8 Å². The molecule has 2 bridgehead atoms. The average Bonchev–Trinajstić information content (AvgIpc) is 2.88. The minimum absolute atomic E-state index is 0.0208. The maximum atomic E-state index is 13.0. The Hall–Kier alpha value is -1.66. The van der Waals surface area contributed by atoms with E-state index in [1.165, 1.54) is 19.3 Å². The highest BCUT2D eigenvalue weighted by atomic mass is 16.5. The maximum Gasteiger partial charge on any atom is 0.276 e. The van der Waals surface area contributed by atoms with Crippen LogP contribution in [0.15, 0.2) is 21.7 Å². The number of aryl methyl sites for hydroxylation is 1. The van der Waals surface area contributed by atoms with E-state index < -0.39 is 0 Å². The van der Waals surface area contributed by atoms with Gasteiger partial charge in [0.05, 0.1) is 19.3 Å². The van der Waals surface area contributed by atoms with Gasteiger partial charge in [0.2, 0.25) is 0 Å². The van der Waals surface area contributed by atoms with Crippen molar-refractivity contribution in [1.29, 1.82) is 0 Å². The number of carbonyl (C=O) groups is 1. The van der Waals surface area contributed by atoms with Crippen molar-refractivity contribution in [3.8, 4) is 0 Å². The first-order valence-electron chi connectivity index (χ1n) is 11.1. The van der Waals surface area contributed by atoms with Gasteiger partial charge in [-0.3, -0.25) is 9.69 Å². The van der Waals surface area contributed by atoms with E-state index in [0.717, 1.165) is 32.7 Å². The third-order valence-corrected chi connectivity index (χ3v) is 7.05. The third-order valence-electron chi connectivity index (χ3n) is 7.05. The van der Waals surface area contributed by atoms with E-state index in [1.54, 1.807) is 17.2 Å². The highest BCUT2D eigenvalue weighted by Gasteiger charge is 2.37. The minimum Gasteiger partial charge on any atom is -0.379 e. The number of fused-ring (bicyclic) bond motifs is 3. The van der Waals surface area contributed by atoms with Gasteiger partial charge in [-0.2, -0.15) is 0 Å². The molecule has 0 unspecified atom stereocenters. The Morgan fingerprint density at radius 2 is 2.07 bits per heavy atom. The zero-order valence-corrected chi connectivity index (χ0v) is 18.4. The van der Waals surface area contributed by atoms with Crippen molar-refractivity contribution in [2.45, 2.75) is 59.4 Å². The molecule has 1 aliphatic carbocycles. The predicted octanol–water partition coefficient (Wildman–Crippen LogP) is 3.67. The highest BCUT2D eigenvalue weighted by molar-refractivity contribution is 5.92. The minimum atomic E-state index is -0.0208. The number of hydrogen-bond acceptors (Lipinski definition) is 5. The average molecular weight is 402 g/mol. The lowest BCUT2D eigenvalue weighted by Gasteiger charge is -2.37. The molecule has 4 rings (SSSR count). The molecule has 0 N–H and O–H groups in total. The molecular weight excluding hydrogens is 366 g/mol. The van der Waals surface area contributed by atoms with Crippen LogP contribution in [0.4, 0.5) is 0 Å². The summed E-state index contributed by atoms with van der Waals surface area (Å²) in [4.78, 5) is 17.5. The van der Waals surface area contributed by atoms with Gasteiger partial charge in [0.1, 0.15) is 5.76 Å². The topological polar surface area (TPSA) is 58.8 Å². The molecule has 0 aromatic carbocycles. The van der Waals surface area contributed by atoms with Gasteiger partial charge in [0, 0.05) is 38.2 Å². The quantitative estimate of drug-likeness (QED) is 0.721. The van der Waals surface area contributed by atoms with Crippen LogP contribution in [0.3, 0.4) is 0 Å². The van der Waals surface area contributed by atoms with Gasteiger partial charge < -0.3 is 14.2 Å². The van der Waals surface area contributed by atoms with Gasteiger partial charge in [-0.05, 0) is 44.9 Å². The molecule has 29 heavy (non-hydrogen) atoms. The smallest absolute Gasteiger partial charge is 0.276 e. The zero-order valence-electron chi connectivity index (χ0n) is 18.4. The molecule has 6 heteroatoms. The van der Waals surface area contributed by atoms with Crippen LogP contribution in [0.5, 0.6) is 0 Å². The molecule has 3 heterocycles. The molecule has 0 spiro atoms. The van der Waals surface area contributed by atoms with Gasteiger partial charge in [0.15, 0.2) is 5.69 Å². The van der Waals surface area contributed by atoms with Gasteiger partial charge in [-0.25, -0.2) is 0 Å². The predicted molar refractivity (Wildman–Crippen MR) is 112 cm³/mol. The van der Waals surface area contributed by atoms with E-state index >= 15 is 0 Å². The summed E-state index contributed by atoms with van der Waals surface area (Å²) >= 11 is 0. The molecular formula is C23H35N3O3. The second-order valence-electron chi connectivity index (χ2n) is 9.83. The van der Waals surface area contributed by atoms with Crippen LogP contribution in [0, 0.1) is 18.3 Å². The summed E-state index contributed by atoms with van der Waals surface area (Å²) in [6.07, 6.45) is 4.96. The van der Waals surface area contributed by atoms with Crippen LogP contribution < -0.4 is 0 Å². The number of aromatic nitrogens is 1. The van der Waals surface area contributed by atoms with Gasteiger partial charge in [-0.15, -0.1) is 0 Å². The zero-order chi connectivity index (χ0) is 20.6. The fourth-order valence-electron chi connectivity index (χ4n) is 5.48. The standard InChI is InChI=1S/C23H35N3O3/c1-16-6-5-8-23(3,4)20(16)7-9-25-11-18-12-26(13-19(25)15-28-14-18)22(27)21-10-17(2)29-24-21/h10,18-19H,5-9,11-15H2,1-4H3/t18-,19+/m1/s1. The first-order valence-corrected chi connectivity index (χ1v) is 11.1. The molecule has 2 fully saturated rings. The van der Waals surface area contributed by atoms with E-state index in [0.29, 0.717) is 35.9 Å². The second kappa shape index (κ2) is 8.23. The monoisotopic (exact) mass is 401 g/mol. The van der Waals surface area contributed by atoms with Crippen molar-refractivity contribution in [2.24, 2.45) is 11.3 Å². The van der Waals surface area contributed by atoms with Gasteiger partial charge >= 0.3 is 0 Å². The van der Waals surface area contributed by atoms with Crippen LogP contribution in [0.2, 0.25) is 0 Å². The molecule has 2 saturated heterocycles. The number of ether oxygens (including phenoxy) is 1. The normalized spacial score (nSPS) is 27.8.